The third-order valence-electron chi connectivity index (χ3n) is 6.55. The van der Waals surface area contributed by atoms with Crippen LogP contribution in [0.4, 0.5) is 5.69 Å². The quantitative estimate of drug-likeness (QED) is 0.198. The third kappa shape index (κ3) is 5.30. The maximum absolute atomic E-state index is 13.4. The maximum atomic E-state index is 13.4. The summed E-state index contributed by atoms with van der Waals surface area (Å²) in [5, 5.41) is 11.6. The first-order valence-electron chi connectivity index (χ1n) is 12.8. The van der Waals surface area contributed by atoms with Crippen molar-refractivity contribution >= 4 is 35.0 Å². The highest BCUT2D eigenvalue weighted by molar-refractivity contribution is 6.32. The molecule has 0 unspecified atom stereocenters. The number of aromatic nitrogens is 2. The molecule has 6 nitrogen and oxygen atoms in total. The van der Waals surface area contributed by atoms with Gasteiger partial charge in [0.2, 0.25) is 0 Å². The summed E-state index contributed by atoms with van der Waals surface area (Å²) < 4.78 is 7.91. The molecule has 0 spiro atoms. The van der Waals surface area contributed by atoms with Gasteiger partial charge in [-0.3, -0.25) is 4.79 Å². The van der Waals surface area contributed by atoms with Gasteiger partial charge < -0.3 is 4.74 Å². The summed E-state index contributed by atoms with van der Waals surface area (Å²) in [6.45, 7) is 2.26. The number of carbonyl (C=O) groups excluding carboxylic acids is 1. The van der Waals surface area contributed by atoms with Crippen LogP contribution in [0.5, 0.6) is 5.75 Å². The van der Waals surface area contributed by atoms with Crippen LogP contribution < -0.4 is 9.75 Å². The average molecular weight is 545 g/mol. The second-order valence-corrected chi connectivity index (χ2v) is 9.79. The molecule has 5 aromatic rings. The zero-order chi connectivity index (χ0) is 27.5. The monoisotopic (exact) mass is 544 g/mol. The fourth-order valence-corrected chi connectivity index (χ4v) is 4.62. The van der Waals surface area contributed by atoms with Crippen LogP contribution in [0.2, 0.25) is 5.02 Å². The second-order valence-electron chi connectivity index (χ2n) is 9.35. The zero-order valence-electron chi connectivity index (χ0n) is 21.7. The van der Waals surface area contributed by atoms with E-state index in [9.17, 15) is 4.79 Å². The van der Waals surface area contributed by atoms with Gasteiger partial charge in [-0.2, -0.15) is 15.2 Å². The Balaban J connectivity index is 1.36. The molecule has 2 heterocycles. The SMILES string of the molecule is CC1=NN(c2ccccc2)C(=O)/C1=C\c1cn(-c2ccccc2)nc1-c1cccc(OCc2ccc(Cl)cc2)c1. The minimum absolute atomic E-state index is 0.179. The topological polar surface area (TPSA) is 59.7 Å². The molecule has 0 N–H and O–H groups in total. The number of hydrazone groups is 1. The Morgan fingerprint density at radius 3 is 2.27 bits per heavy atom. The highest BCUT2D eigenvalue weighted by Crippen LogP contribution is 2.31. The van der Waals surface area contributed by atoms with Gasteiger partial charge in [-0.25, -0.2) is 4.68 Å². The first kappa shape index (κ1) is 25.3. The lowest BCUT2D eigenvalue weighted by atomic mass is 10.0. The lowest BCUT2D eigenvalue weighted by molar-refractivity contribution is -0.114. The van der Waals surface area contributed by atoms with E-state index in [0.29, 0.717) is 28.7 Å². The lowest BCUT2D eigenvalue weighted by Crippen LogP contribution is -2.21. The van der Waals surface area contributed by atoms with Crippen molar-refractivity contribution in [3.63, 3.8) is 0 Å². The summed E-state index contributed by atoms with van der Waals surface area (Å²) in [5.41, 5.74) is 6.22. The predicted molar refractivity (Wildman–Crippen MR) is 160 cm³/mol. The number of nitrogens with zero attached hydrogens (tertiary/aromatic N) is 4. The molecule has 1 amide bonds. The average Bonchev–Trinajstić information content (AvgIpc) is 3.55. The Morgan fingerprint density at radius 1 is 0.850 bits per heavy atom. The molecule has 6 rings (SSSR count). The lowest BCUT2D eigenvalue weighted by Gasteiger charge is -2.11. The Kier molecular flexibility index (Phi) is 7.00. The number of amides is 1. The van der Waals surface area contributed by atoms with Crippen LogP contribution in [-0.4, -0.2) is 21.4 Å². The summed E-state index contributed by atoms with van der Waals surface area (Å²) in [7, 11) is 0. The molecule has 0 radical (unpaired) electrons. The maximum Gasteiger partial charge on any atom is 0.280 e. The van der Waals surface area contributed by atoms with Crippen molar-refractivity contribution in [2.75, 3.05) is 5.01 Å². The summed E-state index contributed by atoms with van der Waals surface area (Å²) in [6.07, 6.45) is 3.80. The number of rotatable bonds is 7. The van der Waals surface area contributed by atoms with E-state index < -0.39 is 0 Å². The van der Waals surface area contributed by atoms with Gasteiger partial charge in [0, 0.05) is 22.3 Å². The first-order valence-corrected chi connectivity index (χ1v) is 13.2. The summed E-state index contributed by atoms with van der Waals surface area (Å²) in [4.78, 5) is 13.4. The predicted octanol–water partition coefficient (Wildman–Crippen LogP) is 7.58. The van der Waals surface area contributed by atoms with Crippen molar-refractivity contribution < 1.29 is 9.53 Å². The van der Waals surface area contributed by atoms with Crippen LogP contribution in [-0.2, 0) is 11.4 Å². The molecule has 0 fully saturated rings. The molecule has 0 aliphatic carbocycles. The Hall–Kier alpha value is -4.94. The van der Waals surface area contributed by atoms with E-state index in [-0.39, 0.29) is 5.91 Å². The third-order valence-corrected chi connectivity index (χ3v) is 6.80. The second kappa shape index (κ2) is 11.0. The molecule has 0 bridgehead atoms. The molecular weight excluding hydrogens is 520 g/mol. The molecule has 7 heteroatoms. The van der Waals surface area contributed by atoms with Crippen LogP contribution in [0, 0.1) is 0 Å². The van der Waals surface area contributed by atoms with Crippen molar-refractivity contribution in [1.29, 1.82) is 0 Å². The molecule has 1 aromatic heterocycles. The van der Waals surface area contributed by atoms with Crippen molar-refractivity contribution in [1.82, 2.24) is 9.78 Å². The number of hydrogen-bond donors (Lipinski definition) is 0. The molecule has 40 heavy (non-hydrogen) atoms. The minimum atomic E-state index is -0.179. The van der Waals surface area contributed by atoms with E-state index in [0.717, 1.165) is 33.8 Å². The van der Waals surface area contributed by atoms with Crippen LogP contribution in [0.1, 0.15) is 18.1 Å². The van der Waals surface area contributed by atoms with Crippen LogP contribution >= 0.6 is 11.6 Å². The number of anilines is 1. The van der Waals surface area contributed by atoms with Crippen LogP contribution in [0.15, 0.2) is 126 Å². The molecule has 1 aliphatic heterocycles. The van der Waals surface area contributed by atoms with Gasteiger partial charge in [0.05, 0.1) is 22.7 Å². The summed E-state index contributed by atoms with van der Waals surface area (Å²) in [5.74, 6) is 0.535. The van der Waals surface area contributed by atoms with E-state index in [1.165, 1.54) is 5.01 Å². The highest BCUT2D eigenvalue weighted by Gasteiger charge is 2.29. The van der Waals surface area contributed by atoms with E-state index in [2.05, 4.69) is 5.10 Å². The van der Waals surface area contributed by atoms with Gasteiger partial charge in [0.1, 0.15) is 18.1 Å². The van der Waals surface area contributed by atoms with E-state index in [4.69, 9.17) is 21.4 Å². The standard InChI is InChI=1S/C33H25ClN4O2/c1-23-31(33(39)38(35-23)29-12-6-3-7-13-29)20-26-21-37(28-10-4-2-5-11-28)36-32(26)25-9-8-14-30(19-25)40-22-24-15-17-27(34)18-16-24/h2-21H,22H2,1H3/b31-20-. The Morgan fingerprint density at radius 2 is 1.55 bits per heavy atom. The molecule has 4 aromatic carbocycles. The molecule has 0 saturated carbocycles. The fraction of sp³-hybridized carbons (Fsp3) is 0.0606. The largest absolute Gasteiger partial charge is 0.489 e. The number of hydrogen-bond acceptors (Lipinski definition) is 4. The first-order chi connectivity index (χ1) is 19.5. The van der Waals surface area contributed by atoms with Gasteiger partial charge in [-0.1, -0.05) is 72.3 Å². The van der Waals surface area contributed by atoms with Crippen molar-refractivity contribution in [2.24, 2.45) is 5.10 Å². The van der Waals surface area contributed by atoms with E-state index in [1.807, 2.05) is 133 Å². The zero-order valence-corrected chi connectivity index (χ0v) is 22.5. The van der Waals surface area contributed by atoms with Gasteiger partial charge in [0.25, 0.3) is 5.91 Å². The van der Waals surface area contributed by atoms with Gasteiger partial charge >= 0.3 is 0 Å². The number of benzene rings is 4. The molecule has 1 aliphatic rings. The van der Waals surface area contributed by atoms with Gasteiger partial charge in [-0.15, -0.1) is 0 Å². The smallest absolute Gasteiger partial charge is 0.280 e. The molecular formula is C33H25ClN4O2. The van der Waals surface area contributed by atoms with Crippen molar-refractivity contribution in [2.45, 2.75) is 13.5 Å². The Labute approximate surface area is 237 Å². The fourth-order valence-electron chi connectivity index (χ4n) is 4.49. The summed E-state index contributed by atoms with van der Waals surface area (Å²) in [6, 6.07) is 34.7. The number of carbonyl (C=O) groups is 1. The molecule has 196 valence electrons. The summed E-state index contributed by atoms with van der Waals surface area (Å²) >= 11 is 6.01. The van der Waals surface area contributed by atoms with Crippen LogP contribution in [0.25, 0.3) is 23.0 Å². The molecule has 0 atom stereocenters. The number of para-hydroxylation sites is 2. The van der Waals surface area contributed by atoms with Crippen molar-refractivity contribution in [3.05, 3.63) is 137 Å². The van der Waals surface area contributed by atoms with Gasteiger partial charge in [-0.05, 0) is 67.1 Å². The van der Waals surface area contributed by atoms with Crippen molar-refractivity contribution in [3.8, 4) is 22.7 Å². The molecule has 0 saturated heterocycles. The van der Waals surface area contributed by atoms with Crippen LogP contribution in [0.3, 0.4) is 0 Å². The Bertz CT molecular complexity index is 1730. The number of halogens is 1. The van der Waals surface area contributed by atoms with E-state index in [1.54, 1.807) is 0 Å². The number of ether oxygens (including phenoxy) is 1. The van der Waals surface area contributed by atoms with Gasteiger partial charge in [0.15, 0.2) is 0 Å². The highest BCUT2D eigenvalue weighted by atomic mass is 35.5. The normalized spacial score (nSPS) is 14.1. The minimum Gasteiger partial charge on any atom is -0.489 e. The van der Waals surface area contributed by atoms with E-state index >= 15 is 0 Å².